The van der Waals surface area contributed by atoms with Crippen molar-refractivity contribution in [1.82, 2.24) is 4.90 Å². The Morgan fingerprint density at radius 3 is 2.81 bits per heavy atom. The molecule has 7 rings (SSSR count). The molecule has 7 nitrogen and oxygen atoms in total. The maximum absolute atomic E-state index is 13.6. The first kappa shape index (κ1) is 22.5. The Balaban J connectivity index is 1.35. The number of amides is 1. The van der Waals surface area contributed by atoms with Crippen molar-refractivity contribution >= 4 is 23.2 Å². The lowest BCUT2D eigenvalue weighted by Crippen LogP contribution is -2.75. The molecule has 1 saturated carbocycles. The number of anilines is 1. The van der Waals surface area contributed by atoms with Gasteiger partial charge in [-0.25, -0.2) is 0 Å². The van der Waals surface area contributed by atoms with Crippen molar-refractivity contribution in [2.45, 2.75) is 62.2 Å². The fourth-order valence-electron chi connectivity index (χ4n) is 7.33. The number of benzene rings is 2. The molecule has 1 amide bonds. The van der Waals surface area contributed by atoms with Crippen molar-refractivity contribution in [3.63, 3.8) is 0 Å². The van der Waals surface area contributed by atoms with Crippen LogP contribution in [0.25, 0.3) is 0 Å². The Hall–Kier alpha value is -2.74. The van der Waals surface area contributed by atoms with Crippen LogP contribution in [0.5, 0.6) is 11.5 Å². The molecule has 2 fully saturated rings. The zero-order valence-electron chi connectivity index (χ0n) is 20.1. The average Bonchev–Trinajstić information content (AvgIpc) is 3.58. The number of likely N-dealkylation sites (tertiary alicyclic amines) is 1. The van der Waals surface area contributed by atoms with Crippen molar-refractivity contribution in [3.8, 4) is 11.5 Å². The number of aliphatic hydroxyl groups is 2. The number of hydrogen-bond acceptors (Lipinski definition) is 6. The summed E-state index contributed by atoms with van der Waals surface area (Å²) in [5.41, 5.74) is 1.11. The third kappa shape index (κ3) is 2.85. The van der Waals surface area contributed by atoms with Crippen LogP contribution in [0.15, 0.2) is 41.7 Å². The molecule has 5 aliphatic rings. The number of piperidine rings is 1. The van der Waals surface area contributed by atoms with Crippen LogP contribution in [0, 0.1) is 12.8 Å². The van der Waals surface area contributed by atoms with E-state index in [-0.39, 0.29) is 29.5 Å². The van der Waals surface area contributed by atoms with Gasteiger partial charge in [-0.1, -0.05) is 17.7 Å². The lowest BCUT2D eigenvalue weighted by molar-refractivity contribution is -0.172. The van der Waals surface area contributed by atoms with Crippen LogP contribution < -0.4 is 10.1 Å². The first-order valence-electron chi connectivity index (χ1n) is 12.7. The molecule has 3 aliphatic carbocycles. The molecule has 2 aromatic carbocycles. The maximum atomic E-state index is 13.6. The van der Waals surface area contributed by atoms with Gasteiger partial charge in [-0.15, -0.1) is 0 Å². The summed E-state index contributed by atoms with van der Waals surface area (Å²) >= 11 is 6.08. The highest BCUT2D eigenvalue weighted by Crippen LogP contribution is 2.66. The number of nitrogens with one attached hydrogen (secondary N) is 1. The molecule has 188 valence electrons. The molecule has 8 heteroatoms. The number of phenolic OH excluding ortho intramolecular Hbond substituents is 1. The van der Waals surface area contributed by atoms with Gasteiger partial charge >= 0.3 is 0 Å². The highest BCUT2D eigenvalue weighted by molar-refractivity contribution is 6.30. The highest BCUT2D eigenvalue weighted by atomic mass is 35.5. The number of halogens is 1. The molecule has 2 heterocycles. The molecule has 0 aromatic heterocycles. The lowest BCUT2D eigenvalue weighted by atomic mass is 9.49. The second-order valence-electron chi connectivity index (χ2n) is 11.2. The van der Waals surface area contributed by atoms with Gasteiger partial charge in [0.2, 0.25) is 0 Å². The van der Waals surface area contributed by atoms with Gasteiger partial charge in [0.25, 0.3) is 5.91 Å². The molecule has 4 N–H and O–H groups in total. The van der Waals surface area contributed by atoms with Gasteiger partial charge in [0.15, 0.2) is 17.6 Å². The topological polar surface area (TPSA) is 102 Å². The second kappa shape index (κ2) is 7.40. The molecule has 1 saturated heterocycles. The summed E-state index contributed by atoms with van der Waals surface area (Å²) in [6, 6.07) is 8.52. The van der Waals surface area contributed by atoms with Crippen LogP contribution >= 0.6 is 11.6 Å². The number of hydrogen-bond donors (Lipinski definition) is 4. The number of phenols is 1. The molecular formula is C28H29ClN2O5. The summed E-state index contributed by atoms with van der Waals surface area (Å²) in [5.74, 6) is 0.337. The smallest absolute Gasteiger partial charge is 0.255 e. The molecular weight excluding hydrogens is 480 g/mol. The minimum Gasteiger partial charge on any atom is -0.508 e. The number of carbonyl (C=O) groups is 1. The van der Waals surface area contributed by atoms with E-state index in [1.54, 1.807) is 24.3 Å². The third-order valence-corrected chi connectivity index (χ3v) is 9.46. The van der Waals surface area contributed by atoms with E-state index in [1.165, 1.54) is 12.8 Å². The molecule has 0 radical (unpaired) electrons. The predicted molar refractivity (Wildman–Crippen MR) is 135 cm³/mol. The molecule has 2 bridgehead atoms. The van der Waals surface area contributed by atoms with Crippen LogP contribution in [0.2, 0.25) is 5.02 Å². The van der Waals surface area contributed by atoms with Crippen molar-refractivity contribution in [1.29, 1.82) is 0 Å². The van der Waals surface area contributed by atoms with E-state index in [0.717, 1.165) is 29.8 Å². The van der Waals surface area contributed by atoms with Gasteiger partial charge < -0.3 is 25.4 Å². The van der Waals surface area contributed by atoms with Gasteiger partial charge in [-0.2, -0.15) is 0 Å². The molecule has 2 aromatic rings. The zero-order valence-corrected chi connectivity index (χ0v) is 20.8. The summed E-state index contributed by atoms with van der Waals surface area (Å²) in [6.07, 6.45) is 2.68. The SMILES string of the molecule is Cc1cc(Cl)ccc1NC(=O)C1=C(O)[C@@H]2Oc3c(O)ccc4c3[C@@]23CCN(CC2CC2)[C@H](C4)[C@]3(O)C1. The van der Waals surface area contributed by atoms with Gasteiger partial charge in [0, 0.05) is 35.3 Å². The Bertz CT molecular complexity index is 1350. The standard InChI is InChI=1S/C28H29ClN2O5/c1-14-10-17(29)5-6-19(14)30-26(34)18-12-28(35)21-11-16-4-7-20(32)24-22(16)27(28,25(36-24)23(18)33)8-9-31(21)13-15-2-3-15/h4-7,10,15,21,25,32-33,35H,2-3,8-9,11-13H2,1H3,(H,30,34)/t21-,25+,27+,28-/m1/s1. The number of carbonyl (C=O) groups excluding carboxylic acids is 1. The first-order chi connectivity index (χ1) is 17.2. The number of aliphatic hydroxyl groups excluding tert-OH is 1. The lowest BCUT2D eigenvalue weighted by Gasteiger charge is -2.62. The van der Waals surface area contributed by atoms with Crippen LogP contribution in [0.4, 0.5) is 5.69 Å². The van der Waals surface area contributed by atoms with E-state index in [9.17, 15) is 20.1 Å². The van der Waals surface area contributed by atoms with Crippen LogP contribution in [-0.2, 0) is 16.6 Å². The largest absolute Gasteiger partial charge is 0.508 e. The van der Waals surface area contributed by atoms with E-state index in [4.69, 9.17) is 16.3 Å². The van der Waals surface area contributed by atoms with Gasteiger partial charge in [-0.3, -0.25) is 9.69 Å². The van der Waals surface area contributed by atoms with E-state index in [2.05, 4.69) is 10.2 Å². The summed E-state index contributed by atoms with van der Waals surface area (Å²) in [6.45, 7) is 3.55. The third-order valence-electron chi connectivity index (χ3n) is 9.23. The normalized spacial score (nSPS) is 32.2. The fourth-order valence-corrected chi connectivity index (χ4v) is 7.56. The Kier molecular flexibility index (Phi) is 4.62. The number of rotatable bonds is 4. The summed E-state index contributed by atoms with van der Waals surface area (Å²) in [4.78, 5) is 15.9. The van der Waals surface area contributed by atoms with E-state index >= 15 is 0 Å². The Morgan fingerprint density at radius 2 is 2.06 bits per heavy atom. The van der Waals surface area contributed by atoms with E-state index in [1.807, 2.05) is 13.0 Å². The van der Waals surface area contributed by atoms with Crippen molar-refractivity contribution in [3.05, 3.63) is 63.4 Å². The maximum Gasteiger partial charge on any atom is 0.255 e. The average molecular weight is 509 g/mol. The molecule has 1 spiro atoms. The molecule has 36 heavy (non-hydrogen) atoms. The van der Waals surface area contributed by atoms with Gasteiger partial charge in [0.1, 0.15) is 5.76 Å². The predicted octanol–water partition coefficient (Wildman–Crippen LogP) is 3.98. The molecule has 4 atom stereocenters. The van der Waals surface area contributed by atoms with Gasteiger partial charge in [-0.05, 0) is 80.5 Å². The fraction of sp³-hybridized carbons (Fsp3) is 0.464. The number of aromatic hydroxyl groups is 1. The summed E-state index contributed by atoms with van der Waals surface area (Å²) in [7, 11) is 0. The van der Waals surface area contributed by atoms with Crippen LogP contribution in [0.3, 0.4) is 0 Å². The first-order valence-corrected chi connectivity index (χ1v) is 13.1. The zero-order chi connectivity index (χ0) is 25.0. The van der Waals surface area contributed by atoms with E-state index in [0.29, 0.717) is 35.2 Å². The Morgan fingerprint density at radius 1 is 1.25 bits per heavy atom. The molecule has 2 aliphatic heterocycles. The summed E-state index contributed by atoms with van der Waals surface area (Å²) < 4.78 is 6.25. The number of ether oxygens (including phenoxy) is 1. The van der Waals surface area contributed by atoms with Crippen molar-refractivity contribution in [2.75, 3.05) is 18.4 Å². The minimum atomic E-state index is -1.33. The Labute approximate surface area is 214 Å². The van der Waals surface area contributed by atoms with Crippen LogP contribution in [-0.4, -0.2) is 57.0 Å². The quantitative estimate of drug-likeness (QED) is 0.498. The summed E-state index contributed by atoms with van der Waals surface area (Å²) in [5, 5.41) is 38.3. The van der Waals surface area contributed by atoms with Crippen molar-refractivity contribution < 1.29 is 24.9 Å². The highest BCUT2D eigenvalue weighted by Gasteiger charge is 2.73. The monoisotopic (exact) mass is 508 g/mol. The van der Waals surface area contributed by atoms with E-state index < -0.39 is 23.0 Å². The number of aryl methyl sites for hydroxylation is 1. The number of nitrogens with zero attached hydrogens (tertiary/aromatic N) is 1. The second-order valence-corrected chi connectivity index (χ2v) is 11.6. The minimum absolute atomic E-state index is 0.00525. The van der Waals surface area contributed by atoms with Gasteiger partial charge in [0.05, 0.1) is 16.6 Å². The molecule has 0 unspecified atom stereocenters. The van der Waals surface area contributed by atoms with Crippen LogP contribution in [0.1, 0.15) is 42.4 Å². The van der Waals surface area contributed by atoms with Crippen molar-refractivity contribution in [2.24, 2.45) is 5.92 Å².